The van der Waals surface area contributed by atoms with Crippen molar-refractivity contribution < 1.29 is 23.4 Å². The molecule has 0 aliphatic carbocycles. The number of sulfone groups is 1. The average Bonchev–Trinajstić information content (AvgIpc) is 2.27. The summed E-state index contributed by atoms with van der Waals surface area (Å²) in [4.78, 5) is 19.3. The SMILES string of the molecule is O=C(O)[C@@]1(S(=O)(=O)c2ccccc2)CCN1[N+](=O)[O-]. The fourth-order valence-electron chi connectivity index (χ4n) is 2.03. The van der Waals surface area contributed by atoms with Crippen LogP contribution < -0.4 is 0 Å². The van der Waals surface area contributed by atoms with Gasteiger partial charge < -0.3 is 5.11 Å². The molecule has 8 nitrogen and oxygen atoms in total. The minimum absolute atomic E-state index is 0.217. The highest BCUT2D eigenvalue weighted by Gasteiger charge is 2.68. The second kappa shape index (κ2) is 4.19. The Hall–Kier alpha value is -2.16. The predicted molar refractivity (Wildman–Crippen MR) is 62.3 cm³/mol. The number of hydrazine groups is 1. The van der Waals surface area contributed by atoms with Crippen molar-refractivity contribution >= 4 is 15.8 Å². The largest absolute Gasteiger partial charge is 0.479 e. The standard InChI is InChI=1S/C10H10N2O6S/c13-9(14)10(6-7-11(10)12(15)16)19(17,18)8-4-2-1-3-5-8/h1-5H,6-7H2,(H,13,14)/t10-/m0/s1. The number of benzene rings is 1. The molecule has 2 rings (SSSR count). The second-order valence-corrected chi connectivity index (χ2v) is 6.17. The number of aliphatic carboxylic acids is 1. The van der Waals surface area contributed by atoms with Gasteiger partial charge in [-0.15, -0.1) is 0 Å². The van der Waals surface area contributed by atoms with Gasteiger partial charge in [0, 0.05) is 6.42 Å². The number of hydrogen-bond donors (Lipinski definition) is 1. The van der Waals surface area contributed by atoms with Gasteiger partial charge in [-0.25, -0.2) is 23.3 Å². The van der Waals surface area contributed by atoms with Crippen molar-refractivity contribution in [3.63, 3.8) is 0 Å². The number of carboxylic acids is 1. The molecule has 0 aromatic heterocycles. The van der Waals surface area contributed by atoms with E-state index < -0.39 is 25.7 Å². The van der Waals surface area contributed by atoms with Crippen molar-refractivity contribution in [1.82, 2.24) is 5.01 Å². The summed E-state index contributed by atoms with van der Waals surface area (Å²) in [5.74, 6) is -1.74. The van der Waals surface area contributed by atoms with Gasteiger partial charge in [0.2, 0.25) is 9.84 Å². The zero-order valence-corrected chi connectivity index (χ0v) is 10.4. The summed E-state index contributed by atoms with van der Waals surface area (Å²) in [6.45, 7) is -0.217. The second-order valence-electron chi connectivity index (χ2n) is 4.02. The van der Waals surface area contributed by atoms with Crippen molar-refractivity contribution in [3.8, 4) is 0 Å². The summed E-state index contributed by atoms with van der Waals surface area (Å²) < 4.78 is 24.7. The maximum absolute atomic E-state index is 12.4. The third-order valence-corrected chi connectivity index (χ3v) is 5.48. The first kappa shape index (κ1) is 13.3. The number of hydrogen-bond acceptors (Lipinski definition) is 5. The maximum Gasteiger partial charge on any atom is 0.351 e. The zero-order valence-electron chi connectivity index (χ0n) is 9.59. The number of carbonyl (C=O) groups is 1. The highest BCUT2D eigenvalue weighted by molar-refractivity contribution is 7.93. The van der Waals surface area contributed by atoms with Crippen molar-refractivity contribution in [2.24, 2.45) is 0 Å². The molecule has 1 aliphatic heterocycles. The Morgan fingerprint density at radius 2 is 1.95 bits per heavy atom. The lowest BCUT2D eigenvalue weighted by Gasteiger charge is -2.41. The normalized spacial score (nSPS) is 22.6. The van der Waals surface area contributed by atoms with E-state index in [0.717, 1.165) is 0 Å². The average molecular weight is 286 g/mol. The molecule has 1 N–H and O–H groups in total. The monoisotopic (exact) mass is 286 g/mol. The number of nitro groups is 1. The first-order valence-electron chi connectivity index (χ1n) is 5.29. The topological polar surface area (TPSA) is 118 Å². The Morgan fingerprint density at radius 1 is 1.37 bits per heavy atom. The van der Waals surface area contributed by atoms with Gasteiger partial charge in [-0.3, -0.25) is 0 Å². The molecule has 0 amide bonds. The van der Waals surface area contributed by atoms with Crippen LogP contribution in [0.3, 0.4) is 0 Å². The third kappa shape index (κ3) is 1.65. The fourth-order valence-corrected chi connectivity index (χ4v) is 3.96. The minimum atomic E-state index is -4.37. The van der Waals surface area contributed by atoms with Crippen molar-refractivity contribution in [2.75, 3.05) is 6.54 Å². The molecule has 0 spiro atoms. The molecule has 19 heavy (non-hydrogen) atoms. The lowest BCUT2D eigenvalue weighted by atomic mass is 10.1. The van der Waals surface area contributed by atoms with Crippen LogP contribution in [0.4, 0.5) is 0 Å². The Morgan fingerprint density at radius 3 is 2.32 bits per heavy atom. The van der Waals surface area contributed by atoms with Crippen LogP contribution in [0.1, 0.15) is 6.42 Å². The molecule has 1 aromatic carbocycles. The van der Waals surface area contributed by atoms with E-state index >= 15 is 0 Å². The minimum Gasteiger partial charge on any atom is -0.479 e. The van der Waals surface area contributed by atoms with Gasteiger partial charge in [0.1, 0.15) is 0 Å². The van der Waals surface area contributed by atoms with Gasteiger partial charge >= 0.3 is 10.8 Å². The molecule has 0 radical (unpaired) electrons. The van der Waals surface area contributed by atoms with Gasteiger partial charge in [0.05, 0.1) is 11.4 Å². The summed E-state index contributed by atoms with van der Waals surface area (Å²) in [7, 11) is -4.37. The molecule has 1 saturated heterocycles. The summed E-state index contributed by atoms with van der Waals surface area (Å²) in [6, 6.07) is 6.86. The van der Waals surface area contributed by atoms with E-state index in [0.29, 0.717) is 0 Å². The smallest absolute Gasteiger partial charge is 0.351 e. The number of rotatable bonds is 4. The molecule has 102 valence electrons. The molecule has 1 atom stereocenters. The number of nitrogens with zero attached hydrogens (tertiary/aromatic N) is 2. The number of carboxylic acid groups (broad SMARTS) is 1. The lowest BCUT2D eigenvalue weighted by molar-refractivity contribution is -0.681. The van der Waals surface area contributed by atoms with E-state index in [4.69, 9.17) is 0 Å². The van der Waals surface area contributed by atoms with Crippen LogP contribution in [-0.4, -0.2) is 41.0 Å². The summed E-state index contributed by atoms with van der Waals surface area (Å²) >= 11 is 0. The maximum atomic E-state index is 12.4. The summed E-state index contributed by atoms with van der Waals surface area (Å²) in [5, 5.41) is 19.2. The van der Waals surface area contributed by atoms with Crippen molar-refractivity contribution in [1.29, 1.82) is 0 Å². The quantitative estimate of drug-likeness (QED) is 0.617. The Labute approximate surface area is 108 Å². The van der Waals surface area contributed by atoms with Crippen LogP contribution in [0, 0.1) is 10.1 Å². The van der Waals surface area contributed by atoms with E-state index in [2.05, 4.69) is 0 Å². The van der Waals surface area contributed by atoms with Crippen LogP contribution >= 0.6 is 0 Å². The van der Waals surface area contributed by atoms with E-state index in [-0.39, 0.29) is 22.9 Å². The summed E-state index contributed by atoms with van der Waals surface area (Å²) in [6.07, 6.45) is -0.319. The third-order valence-electron chi connectivity index (χ3n) is 3.11. The lowest BCUT2D eigenvalue weighted by Crippen LogP contribution is -2.70. The van der Waals surface area contributed by atoms with Gasteiger partial charge in [0.25, 0.3) is 0 Å². The molecule has 9 heteroatoms. The van der Waals surface area contributed by atoms with Crippen LogP contribution in [0.25, 0.3) is 0 Å². The van der Waals surface area contributed by atoms with Gasteiger partial charge in [-0.05, 0) is 12.1 Å². The Kier molecular flexibility index (Phi) is 2.93. The molecule has 0 saturated carbocycles. The van der Waals surface area contributed by atoms with E-state index in [1.54, 1.807) is 6.07 Å². The van der Waals surface area contributed by atoms with Crippen LogP contribution in [0.15, 0.2) is 35.2 Å². The van der Waals surface area contributed by atoms with Crippen LogP contribution in [-0.2, 0) is 14.6 Å². The van der Waals surface area contributed by atoms with E-state index in [1.165, 1.54) is 24.3 Å². The molecular weight excluding hydrogens is 276 g/mol. The van der Waals surface area contributed by atoms with E-state index in [1.807, 2.05) is 0 Å². The van der Waals surface area contributed by atoms with Crippen LogP contribution in [0.2, 0.25) is 0 Å². The first-order chi connectivity index (χ1) is 8.84. The van der Waals surface area contributed by atoms with E-state index in [9.17, 15) is 28.4 Å². The first-order valence-corrected chi connectivity index (χ1v) is 6.77. The predicted octanol–water partition coefficient (Wildman–Crippen LogP) is 0.139. The van der Waals surface area contributed by atoms with Crippen molar-refractivity contribution in [3.05, 3.63) is 40.4 Å². The van der Waals surface area contributed by atoms with Crippen molar-refractivity contribution in [2.45, 2.75) is 16.2 Å². The molecule has 0 unspecified atom stereocenters. The molecule has 0 bridgehead atoms. The Bertz CT molecular complexity index is 629. The Balaban J connectivity index is 2.59. The van der Waals surface area contributed by atoms with Gasteiger partial charge in [-0.2, -0.15) is 0 Å². The van der Waals surface area contributed by atoms with Gasteiger partial charge in [0.15, 0.2) is 5.03 Å². The highest BCUT2D eigenvalue weighted by Crippen LogP contribution is 2.40. The zero-order chi connectivity index (χ0) is 14.3. The highest BCUT2D eigenvalue weighted by atomic mass is 32.2. The molecule has 1 aromatic rings. The molecule has 1 fully saturated rings. The summed E-state index contributed by atoms with van der Waals surface area (Å²) in [5.41, 5.74) is 0. The molecule has 1 aliphatic rings. The van der Waals surface area contributed by atoms with Crippen LogP contribution in [0.5, 0.6) is 0 Å². The molecule has 1 heterocycles. The molecular formula is C10H10N2O6S. The fraction of sp³-hybridized carbons (Fsp3) is 0.300. The van der Waals surface area contributed by atoms with Gasteiger partial charge in [-0.1, -0.05) is 23.2 Å².